The lowest BCUT2D eigenvalue weighted by Gasteiger charge is -2.23. The van der Waals surface area contributed by atoms with Gasteiger partial charge in [-0.15, -0.1) is 11.3 Å². The van der Waals surface area contributed by atoms with E-state index in [0.717, 1.165) is 10.4 Å². The summed E-state index contributed by atoms with van der Waals surface area (Å²) in [5.74, 6) is 0.0768. The first-order valence-corrected chi connectivity index (χ1v) is 9.14. The number of aromatic nitrogens is 1. The van der Waals surface area contributed by atoms with E-state index in [-0.39, 0.29) is 11.8 Å². The normalized spacial score (nSPS) is 19.9. The summed E-state index contributed by atoms with van der Waals surface area (Å²) >= 11 is 7.42. The van der Waals surface area contributed by atoms with Crippen LogP contribution in [0.3, 0.4) is 0 Å². The molecule has 8 heteroatoms. The van der Waals surface area contributed by atoms with Gasteiger partial charge in [-0.1, -0.05) is 11.6 Å². The molecule has 0 spiro atoms. The Balaban J connectivity index is 1.92. The molecule has 1 unspecified atom stereocenters. The van der Waals surface area contributed by atoms with Gasteiger partial charge in [-0.25, -0.2) is 13.4 Å². The van der Waals surface area contributed by atoms with Crippen LogP contribution in [0.4, 0.5) is 5.13 Å². The maximum Gasteiger partial charge on any atom is 0.180 e. The fraction of sp³-hybridized carbons (Fsp3) is 0.308. The van der Waals surface area contributed by atoms with E-state index in [4.69, 9.17) is 17.3 Å². The fourth-order valence-electron chi connectivity index (χ4n) is 2.57. The summed E-state index contributed by atoms with van der Waals surface area (Å²) < 4.78 is 24.5. The summed E-state index contributed by atoms with van der Waals surface area (Å²) in [6, 6.07) is 4.74. The monoisotopic (exact) mass is 343 g/mol. The van der Waals surface area contributed by atoms with E-state index in [1.54, 1.807) is 24.4 Å². The SMILES string of the molecule is CN(Cc1cnc(N)s1)C1CS(=O)(=O)c2ccc(Cl)cc21. The van der Waals surface area contributed by atoms with Crippen LogP contribution in [0, 0.1) is 0 Å². The third-order valence-electron chi connectivity index (χ3n) is 3.55. The number of fused-ring (bicyclic) bond motifs is 1. The Morgan fingerprint density at radius 3 is 2.95 bits per heavy atom. The third-order valence-corrected chi connectivity index (χ3v) is 6.39. The highest BCUT2D eigenvalue weighted by atomic mass is 35.5. The smallest absolute Gasteiger partial charge is 0.180 e. The van der Waals surface area contributed by atoms with E-state index in [9.17, 15) is 8.42 Å². The van der Waals surface area contributed by atoms with Gasteiger partial charge in [0.25, 0.3) is 0 Å². The van der Waals surface area contributed by atoms with Crippen molar-refractivity contribution in [2.24, 2.45) is 0 Å². The number of nitrogens with zero attached hydrogens (tertiary/aromatic N) is 2. The van der Waals surface area contributed by atoms with Crippen molar-refractivity contribution in [1.29, 1.82) is 0 Å². The lowest BCUT2D eigenvalue weighted by atomic mass is 10.1. The second kappa shape index (κ2) is 5.24. The van der Waals surface area contributed by atoms with Crippen LogP contribution >= 0.6 is 22.9 Å². The highest BCUT2D eigenvalue weighted by Gasteiger charge is 2.37. The Morgan fingerprint density at radius 2 is 2.29 bits per heavy atom. The van der Waals surface area contributed by atoms with Crippen LogP contribution in [0.2, 0.25) is 5.02 Å². The largest absolute Gasteiger partial charge is 0.375 e. The molecule has 0 fully saturated rings. The minimum Gasteiger partial charge on any atom is -0.375 e. The molecular weight excluding hydrogens is 330 g/mol. The van der Waals surface area contributed by atoms with Crippen molar-refractivity contribution in [3.8, 4) is 0 Å². The van der Waals surface area contributed by atoms with Gasteiger partial charge < -0.3 is 5.73 Å². The molecule has 0 aliphatic carbocycles. The van der Waals surface area contributed by atoms with E-state index in [0.29, 0.717) is 21.6 Å². The van der Waals surface area contributed by atoms with Gasteiger partial charge in [-0.2, -0.15) is 0 Å². The van der Waals surface area contributed by atoms with E-state index >= 15 is 0 Å². The zero-order chi connectivity index (χ0) is 15.2. The number of thiazole rings is 1. The molecular formula is C13H14ClN3O2S2. The Labute approximate surface area is 132 Å². The van der Waals surface area contributed by atoms with Gasteiger partial charge in [0.15, 0.2) is 15.0 Å². The van der Waals surface area contributed by atoms with Crippen molar-refractivity contribution < 1.29 is 8.42 Å². The van der Waals surface area contributed by atoms with Crippen LogP contribution in [0.25, 0.3) is 0 Å². The lowest BCUT2D eigenvalue weighted by Crippen LogP contribution is -2.25. The zero-order valence-electron chi connectivity index (χ0n) is 11.3. The molecule has 0 saturated carbocycles. The number of benzene rings is 1. The van der Waals surface area contributed by atoms with Gasteiger partial charge >= 0.3 is 0 Å². The number of nitrogens with two attached hydrogens (primary N) is 1. The second-order valence-corrected chi connectivity index (χ2v) is 8.65. The molecule has 1 aromatic heterocycles. The van der Waals surface area contributed by atoms with E-state index in [2.05, 4.69) is 4.98 Å². The summed E-state index contributed by atoms with van der Waals surface area (Å²) in [6.07, 6.45) is 1.72. The number of nitrogen functional groups attached to an aromatic ring is 1. The summed E-state index contributed by atoms with van der Waals surface area (Å²) in [4.78, 5) is 7.39. The van der Waals surface area contributed by atoms with E-state index in [1.165, 1.54) is 11.3 Å². The maximum absolute atomic E-state index is 12.2. The summed E-state index contributed by atoms with van der Waals surface area (Å²) in [5.41, 5.74) is 6.39. The number of sulfone groups is 1. The van der Waals surface area contributed by atoms with Crippen molar-refractivity contribution >= 4 is 37.9 Å². The topological polar surface area (TPSA) is 76.3 Å². The van der Waals surface area contributed by atoms with E-state index < -0.39 is 9.84 Å². The second-order valence-electron chi connectivity index (χ2n) is 5.06. The van der Waals surface area contributed by atoms with Crippen molar-refractivity contribution in [2.75, 3.05) is 18.5 Å². The van der Waals surface area contributed by atoms with Crippen LogP contribution < -0.4 is 5.73 Å². The molecule has 2 aromatic rings. The molecule has 0 saturated heterocycles. The van der Waals surface area contributed by atoms with Gasteiger partial charge in [0.05, 0.1) is 16.7 Å². The Hall–Kier alpha value is -1.15. The first-order valence-electron chi connectivity index (χ1n) is 6.29. The first-order chi connectivity index (χ1) is 9.87. The highest BCUT2D eigenvalue weighted by Crippen LogP contribution is 2.38. The van der Waals surface area contributed by atoms with Crippen LogP contribution in [-0.2, 0) is 16.4 Å². The zero-order valence-corrected chi connectivity index (χ0v) is 13.7. The fourth-order valence-corrected chi connectivity index (χ4v) is 5.35. The number of rotatable bonds is 3. The minimum atomic E-state index is -3.24. The average molecular weight is 344 g/mol. The summed E-state index contributed by atoms with van der Waals surface area (Å²) in [6.45, 7) is 0.598. The third kappa shape index (κ3) is 2.78. The number of hydrogen-bond donors (Lipinski definition) is 1. The molecule has 2 heterocycles. The standard InChI is InChI=1S/C13H14ClN3O2S2/c1-17(6-9-5-16-13(15)20-9)11-7-21(18,19)12-3-2-8(14)4-10(11)12/h2-5,11H,6-7H2,1H3,(H2,15,16). The first kappa shape index (κ1) is 14.8. The van der Waals surface area contributed by atoms with Crippen molar-refractivity contribution in [1.82, 2.24) is 9.88 Å². The van der Waals surface area contributed by atoms with Crippen LogP contribution in [0.5, 0.6) is 0 Å². The lowest BCUT2D eigenvalue weighted by molar-refractivity contribution is 0.259. The van der Waals surface area contributed by atoms with Gasteiger partial charge in [-0.05, 0) is 30.8 Å². The molecule has 1 aliphatic heterocycles. The van der Waals surface area contributed by atoms with Gasteiger partial charge in [-0.3, -0.25) is 4.90 Å². The van der Waals surface area contributed by atoms with Crippen LogP contribution in [0.1, 0.15) is 16.5 Å². The highest BCUT2D eigenvalue weighted by molar-refractivity contribution is 7.91. The molecule has 2 N–H and O–H groups in total. The molecule has 0 amide bonds. The molecule has 0 radical (unpaired) electrons. The Morgan fingerprint density at radius 1 is 1.52 bits per heavy atom. The number of hydrogen-bond acceptors (Lipinski definition) is 6. The summed E-state index contributed by atoms with van der Waals surface area (Å²) in [5, 5.41) is 1.06. The van der Waals surface area contributed by atoms with Crippen molar-refractivity contribution in [3.05, 3.63) is 39.9 Å². The summed E-state index contributed by atoms with van der Waals surface area (Å²) in [7, 11) is -1.35. The van der Waals surface area contributed by atoms with Crippen molar-refractivity contribution in [2.45, 2.75) is 17.5 Å². The maximum atomic E-state index is 12.2. The minimum absolute atomic E-state index is 0.0768. The molecule has 1 aromatic carbocycles. The van der Waals surface area contributed by atoms with Gasteiger partial charge in [0, 0.05) is 22.6 Å². The van der Waals surface area contributed by atoms with Crippen molar-refractivity contribution in [3.63, 3.8) is 0 Å². The Kier molecular flexibility index (Phi) is 3.69. The molecule has 112 valence electrons. The quantitative estimate of drug-likeness (QED) is 0.925. The van der Waals surface area contributed by atoms with Gasteiger partial charge in [0.2, 0.25) is 0 Å². The predicted octanol–water partition coefficient (Wildman–Crippen LogP) is 2.34. The van der Waals surface area contributed by atoms with Crippen LogP contribution in [-0.4, -0.2) is 31.1 Å². The van der Waals surface area contributed by atoms with Gasteiger partial charge in [0.1, 0.15) is 0 Å². The van der Waals surface area contributed by atoms with E-state index in [1.807, 2.05) is 11.9 Å². The molecule has 1 atom stereocenters. The molecule has 1 aliphatic rings. The molecule has 21 heavy (non-hydrogen) atoms. The molecule has 0 bridgehead atoms. The van der Waals surface area contributed by atoms with Crippen LogP contribution in [0.15, 0.2) is 29.3 Å². The molecule has 5 nitrogen and oxygen atoms in total. The number of anilines is 1. The average Bonchev–Trinajstić information content (AvgIpc) is 2.91. The Bertz CT molecular complexity index is 788. The predicted molar refractivity (Wildman–Crippen MR) is 84.2 cm³/mol. The molecule has 3 rings (SSSR count). The number of halogens is 1.